The minimum Gasteiger partial charge on any atom is -0.467 e. The zero-order chi connectivity index (χ0) is 10.6. The predicted molar refractivity (Wildman–Crippen MR) is 51.4 cm³/mol. The highest BCUT2D eigenvalue weighted by molar-refractivity contribution is 5.13. The average Bonchev–Trinajstić information content (AvgIpc) is 2.67. The third-order valence-corrected chi connectivity index (χ3v) is 1.89. The minimum absolute atomic E-state index is 0.0358. The van der Waals surface area contributed by atoms with Gasteiger partial charge in [-0.15, -0.1) is 0 Å². The Kier molecular flexibility index (Phi) is 3.28. The molecule has 0 saturated heterocycles. The summed E-state index contributed by atoms with van der Waals surface area (Å²) in [5.41, 5.74) is -0.493. The average molecular weight is 194 g/mol. The maximum absolute atomic E-state index is 9.03. The van der Waals surface area contributed by atoms with Crippen molar-refractivity contribution in [3.05, 3.63) is 24.2 Å². The number of rotatable bonds is 4. The molecular formula is C10H14N2O2. The minimum atomic E-state index is -0.521. The SMILES string of the molecule is CC(C)(CO)NC(C#N)c1ccco1. The van der Waals surface area contributed by atoms with E-state index in [0.29, 0.717) is 5.76 Å². The molecule has 4 nitrogen and oxygen atoms in total. The molecule has 1 heterocycles. The summed E-state index contributed by atoms with van der Waals surface area (Å²) in [5.74, 6) is 0.564. The second-order valence-electron chi connectivity index (χ2n) is 3.76. The molecule has 0 saturated carbocycles. The van der Waals surface area contributed by atoms with Crippen LogP contribution in [0.5, 0.6) is 0 Å². The third-order valence-electron chi connectivity index (χ3n) is 1.89. The van der Waals surface area contributed by atoms with Gasteiger partial charge in [-0.3, -0.25) is 5.32 Å². The fourth-order valence-electron chi connectivity index (χ4n) is 1.06. The van der Waals surface area contributed by atoms with Gasteiger partial charge in [0.1, 0.15) is 5.76 Å². The molecule has 0 amide bonds. The van der Waals surface area contributed by atoms with Crippen molar-refractivity contribution in [3.8, 4) is 6.07 Å². The first-order valence-electron chi connectivity index (χ1n) is 4.40. The van der Waals surface area contributed by atoms with Crippen LogP contribution in [0.1, 0.15) is 25.6 Å². The van der Waals surface area contributed by atoms with E-state index in [4.69, 9.17) is 14.8 Å². The third kappa shape index (κ3) is 2.59. The highest BCUT2D eigenvalue weighted by Gasteiger charge is 2.23. The summed E-state index contributed by atoms with van der Waals surface area (Å²) in [5, 5.41) is 20.9. The Morgan fingerprint density at radius 1 is 1.71 bits per heavy atom. The van der Waals surface area contributed by atoms with E-state index in [1.54, 1.807) is 12.1 Å². The van der Waals surface area contributed by atoms with Gasteiger partial charge in [0.15, 0.2) is 6.04 Å². The maximum atomic E-state index is 9.03. The summed E-state index contributed by atoms with van der Waals surface area (Å²) in [7, 11) is 0. The van der Waals surface area contributed by atoms with E-state index in [1.165, 1.54) is 6.26 Å². The quantitative estimate of drug-likeness (QED) is 0.755. The van der Waals surface area contributed by atoms with Gasteiger partial charge < -0.3 is 9.52 Å². The summed E-state index contributed by atoms with van der Waals surface area (Å²) in [6, 6.07) is 5.02. The fraction of sp³-hybridized carbons (Fsp3) is 0.500. The van der Waals surface area contributed by atoms with Gasteiger partial charge in [-0.05, 0) is 26.0 Å². The number of aliphatic hydroxyl groups excluding tert-OH is 1. The van der Waals surface area contributed by atoms with Gasteiger partial charge in [0.05, 0.1) is 18.9 Å². The smallest absolute Gasteiger partial charge is 0.154 e. The molecule has 1 unspecified atom stereocenters. The summed E-state index contributed by atoms with van der Waals surface area (Å²) in [4.78, 5) is 0. The highest BCUT2D eigenvalue weighted by atomic mass is 16.3. The molecule has 1 aromatic heterocycles. The standard InChI is InChI=1S/C10H14N2O2/c1-10(2,7-13)12-8(6-11)9-4-3-5-14-9/h3-5,8,12-13H,7H2,1-2H3. The van der Waals surface area contributed by atoms with Crippen molar-refractivity contribution in [3.63, 3.8) is 0 Å². The van der Waals surface area contributed by atoms with Crippen LogP contribution in [-0.2, 0) is 0 Å². The second kappa shape index (κ2) is 4.27. The number of furan rings is 1. The number of hydrogen-bond donors (Lipinski definition) is 2. The molecule has 0 fully saturated rings. The van der Waals surface area contributed by atoms with E-state index in [2.05, 4.69) is 11.4 Å². The van der Waals surface area contributed by atoms with Gasteiger partial charge in [-0.25, -0.2) is 0 Å². The fourth-order valence-corrected chi connectivity index (χ4v) is 1.06. The van der Waals surface area contributed by atoms with Crippen molar-refractivity contribution in [1.29, 1.82) is 5.26 Å². The van der Waals surface area contributed by atoms with Crippen molar-refractivity contribution in [2.75, 3.05) is 6.61 Å². The van der Waals surface area contributed by atoms with Crippen LogP contribution in [0.15, 0.2) is 22.8 Å². The zero-order valence-corrected chi connectivity index (χ0v) is 8.32. The highest BCUT2D eigenvalue weighted by Crippen LogP contribution is 2.16. The number of aliphatic hydroxyl groups is 1. The lowest BCUT2D eigenvalue weighted by atomic mass is 10.1. The van der Waals surface area contributed by atoms with E-state index in [1.807, 2.05) is 13.8 Å². The number of nitrogens with one attached hydrogen (secondary N) is 1. The molecule has 1 atom stereocenters. The lowest BCUT2D eigenvalue weighted by Crippen LogP contribution is -2.44. The monoisotopic (exact) mass is 194 g/mol. The predicted octanol–water partition coefficient (Wildman–Crippen LogP) is 1.20. The van der Waals surface area contributed by atoms with Crippen LogP contribution in [0.2, 0.25) is 0 Å². The largest absolute Gasteiger partial charge is 0.467 e. The van der Waals surface area contributed by atoms with Crippen LogP contribution in [0, 0.1) is 11.3 Å². The Morgan fingerprint density at radius 3 is 2.86 bits per heavy atom. The van der Waals surface area contributed by atoms with Crippen molar-refractivity contribution < 1.29 is 9.52 Å². The van der Waals surface area contributed by atoms with Crippen LogP contribution in [-0.4, -0.2) is 17.3 Å². The van der Waals surface area contributed by atoms with Crippen molar-refractivity contribution in [2.24, 2.45) is 0 Å². The van der Waals surface area contributed by atoms with E-state index >= 15 is 0 Å². The molecule has 76 valence electrons. The van der Waals surface area contributed by atoms with E-state index in [-0.39, 0.29) is 6.61 Å². The molecular weight excluding hydrogens is 180 g/mol. The Morgan fingerprint density at radius 2 is 2.43 bits per heavy atom. The van der Waals surface area contributed by atoms with Crippen molar-refractivity contribution in [2.45, 2.75) is 25.4 Å². The molecule has 14 heavy (non-hydrogen) atoms. The molecule has 0 aromatic carbocycles. The van der Waals surface area contributed by atoms with Crippen molar-refractivity contribution >= 4 is 0 Å². The second-order valence-corrected chi connectivity index (χ2v) is 3.76. The lowest BCUT2D eigenvalue weighted by molar-refractivity contribution is 0.179. The van der Waals surface area contributed by atoms with E-state index in [0.717, 1.165) is 0 Å². The van der Waals surface area contributed by atoms with Crippen molar-refractivity contribution in [1.82, 2.24) is 5.32 Å². The van der Waals surface area contributed by atoms with Crippen LogP contribution in [0.25, 0.3) is 0 Å². The summed E-state index contributed by atoms with van der Waals surface area (Å²) in [6.45, 7) is 3.60. The Labute approximate surface area is 83.2 Å². The summed E-state index contributed by atoms with van der Waals surface area (Å²) >= 11 is 0. The van der Waals surface area contributed by atoms with E-state index in [9.17, 15) is 0 Å². The molecule has 0 aliphatic carbocycles. The number of hydrogen-bond acceptors (Lipinski definition) is 4. The Balaban J connectivity index is 2.71. The molecule has 2 N–H and O–H groups in total. The zero-order valence-electron chi connectivity index (χ0n) is 8.32. The Bertz CT molecular complexity index is 311. The molecule has 1 aromatic rings. The molecule has 0 bridgehead atoms. The van der Waals surface area contributed by atoms with Gasteiger partial charge in [0, 0.05) is 5.54 Å². The number of nitriles is 1. The van der Waals surface area contributed by atoms with Gasteiger partial charge in [0.25, 0.3) is 0 Å². The Hall–Kier alpha value is -1.31. The molecule has 4 heteroatoms. The molecule has 0 aliphatic heterocycles. The van der Waals surface area contributed by atoms with Crippen LogP contribution < -0.4 is 5.32 Å². The molecule has 0 radical (unpaired) electrons. The van der Waals surface area contributed by atoms with Crippen LogP contribution >= 0.6 is 0 Å². The first-order chi connectivity index (χ1) is 6.59. The maximum Gasteiger partial charge on any atom is 0.154 e. The lowest BCUT2D eigenvalue weighted by Gasteiger charge is -2.25. The first kappa shape index (κ1) is 10.8. The van der Waals surface area contributed by atoms with Gasteiger partial charge in [-0.1, -0.05) is 0 Å². The van der Waals surface area contributed by atoms with Crippen LogP contribution in [0.3, 0.4) is 0 Å². The summed E-state index contributed by atoms with van der Waals surface area (Å²) < 4.78 is 5.11. The van der Waals surface area contributed by atoms with E-state index < -0.39 is 11.6 Å². The van der Waals surface area contributed by atoms with Gasteiger partial charge in [-0.2, -0.15) is 5.26 Å². The van der Waals surface area contributed by atoms with Crippen LogP contribution in [0.4, 0.5) is 0 Å². The normalized spacial score (nSPS) is 13.6. The number of nitrogens with zero attached hydrogens (tertiary/aromatic N) is 1. The van der Waals surface area contributed by atoms with Gasteiger partial charge >= 0.3 is 0 Å². The molecule has 0 spiro atoms. The molecule has 0 aliphatic rings. The first-order valence-corrected chi connectivity index (χ1v) is 4.40. The topological polar surface area (TPSA) is 69.2 Å². The van der Waals surface area contributed by atoms with Gasteiger partial charge in [0.2, 0.25) is 0 Å². The summed E-state index contributed by atoms with van der Waals surface area (Å²) in [6.07, 6.45) is 1.52. The molecule has 1 rings (SSSR count).